The molecule has 0 aromatic heterocycles. The van der Waals surface area contributed by atoms with Gasteiger partial charge in [0, 0.05) is 0 Å². The maximum atomic E-state index is 10.9. The van der Waals surface area contributed by atoms with E-state index in [2.05, 4.69) is 0 Å². The van der Waals surface area contributed by atoms with Crippen LogP contribution < -0.4 is 0 Å². The van der Waals surface area contributed by atoms with Crippen LogP contribution in [0.25, 0.3) is 0 Å². The zero-order valence-electron chi connectivity index (χ0n) is 10.6. The van der Waals surface area contributed by atoms with E-state index in [4.69, 9.17) is 10.2 Å². The lowest BCUT2D eigenvalue weighted by Crippen LogP contribution is -2.26. The van der Waals surface area contributed by atoms with Crippen LogP contribution >= 0.6 is 0 Å². The highest BCUT2D eigenvalue weighted by atomic mass is 16.4. The normalized spacial score (nSPS) is 10.6. The Balaban J connectivity index is 3.09. The molecule has 98 valence electrons. The molecule has 1 aromatic carbocycles. The zero-order chi connectivity index (χ0) is 13.7. The topological polar surface area (TPSA) is 74.6 Å². The summed E-state index contributed by atoms with van der Waals surface area (Å²) < 4.78 is 0. The summed E-state index contributed by atoms with van der Waals surface area (Å²) in [5.74, 6) is -3.94. The van der Waals surface area contributed by atoms with E-state index in [0.717, 1.165) is 29.5 Å². The molecule has 0 saturated carbocycles. The van der Waals surface area contributed by atoms with E-state index in [1.165, 1.54) is 0 Å². The van der Waals surface area contributed by atoms with Gasteiger partial charge in [0.05, 0.1) is 0 Å². The van der Waals surface area contributed by atoms with Crippen molar-refractivity contribution >= 4 is 11.9 Å². The maximum absolute atomic E-state index is 10.9. The lowest BCUT2D eigenvalue weighted by Gasteiger charge is -2.14. The predicted molar refractivity (Wildman–Crippen MR) is 67.7 cm³/mol. The molecule has 1 aromatic rings. The van der Waals surface area contributed by atoms with Gasteiger partial charge in [-0.3, -0.25) is 9.59 Å². The Hall–Kier alpha value is -1.84. The highest BCUT2D eigenvalue weighted by molar-refractivity contribution is 5.93. The molecule has 4 nitrogen and oxygen atoms in total. The lowest BCUT2D eigenvalue weighted by molar-refractivity contribution is -0.154. The molecule has 0 heterocycles. The number of hydrogen-bond donors (Lipinski definition) is 2. The van der Waals surface area contributed by atoms with Crippen molar-refractivity contribution in [2.75, 3.05) is 0 Å². The minimum absolute atomic E-state index is 0.0433. The molecule has 18 heavy (non-hydrogen) atoms. The van der Waals surface area contributed by atoms with Crippen molar-refractivity contribution in [2.24, 2.45) is 5.92 Å². The van der Waals surface area contributed by atoms with Gasteiger partial charge in [-0.2, -0.15) is 0 Å². The fourth-order valence-electron chi connectivity index (χ4n) is 2.16. The van der Waals surface area contributed by atoms with E-state index in [1.807, 2.05) is 32.0 Å². The molecule has 0 atom stereocenters. The van der Waals surface area contributed by atoms with Crippen LogP contribution in [-0.4, -0.2) is 22.2 Å². The second-order valence-electron chi connectivity index (χ2n) is 4.20. The number of benzene rings is 1. The summed E-state index contributed by atoms with van der Waals surface area (Å²) in [6.45, 7) is 4.03. The number of aliphatic carboxylic acids is 2. The Kier molecular flexibility index (Phi) is 4.89. The number of carbonyl (C=O) groups is 2. The molecule has 0 spiro atoms. The van der Waals surface area contributed by atoms with Gasteiger partial charge in [-0.25, -0.2) is 0 Å². The molecule has 1 rings (SSSR count). The van der Waals surface area contributed by atoms with Crippen molar-refractivity contribution in [3.8, 4) is 0 Å². The highest BCUT2D eigenvalue weighted by Crippen LogP contribution is 2.20. The minimum atomic E-state index is -1.37. The van der Waals surface area contributed by atoms with Crippen LogP contribution in [0.5, 0.6) is 0 Å². The number of hydrogen-bond acceptors (Lipinski definition) is 2. The summed E-state index contributed by atoms with van der Waals surface area (Å²) in [6.07, 6.45) is 1.69. The second-order valence-corrected chi connectivity index (χ2v) is 4.20. The third-order valence-electron chi connectivity index (χ3n) is 3.12. The summed E-state index contributed by atoms with van der Waals surface area (Å²) in [7, 11) is 0. The average molecular weight is 250 g/mol. The van der Waals surface area contributed by atoms with Crippen LogP contribution in [0.3, 0.4) is 0 Å². The fourth-order valence-corrected chi connectivity index (χ4v) is 2.16. The van der Waals surface area contributed by atoms with Crippen molar-refractivity contribution in [1.29, 1.82) is 0 Å². The quantitative estimate of drug-likeness (QED) is 0.758. The van der Waals surface area contributed by atoms with Gasteiger partial charge in [-0.05, 0) is 36.0 Å². The first kappa shape index (κ1) is 14.2. The number of carboxylic acids is 2. The van der Waals surface area contributed by atoms with Crippen molar-refractivity contribution in [1.82, 2.24) is 0 Å². The first-order valence-corrected chi connectivity index (χ1v) is 6.06. The smallest absolute Gasteiger partial charge is 0.318 e. The Labute approximate surface area is 106 Å². The van der Waals surface area contributed by atoms with Gasteiger partial charge in [0.15, 0.2) is 5.92 Å². The molecule has 0 amide bonds. The lowest BCUT2D eigenvalue weighted by atomic mass is 9.91. The molecule has 4 heteroatoms. The van der Waals surface area contributed by atoms with E-state index < -0.39 is 17.9 Å². The maximum Gasteiger partial charge on any atom is 0.318 e. The van der Waals surface area contributed by atoms with Crippen LogP contribution in [0.15, 0.2) is 18.2 Å². The van der Waals surface area contributed by atoms with Gasteiger partial charge >= 0.3 is 11.9 Å². The summed E-state index contributed by atoms with van der Waals surface area (Å²) >= 11 is 0. The minimum Gasteiger partial charge on any atom is -0.481 e. The first-order chi connectivity index (χ1) is 8.51. The average Bonchev–Trinajstić information content (AvgIpc) is 2.34. The fraction of sp³-hybridized carbons (Fsp3) is 0.429. The molecule has 0 aliphatic carbocycles. The van der Waals surface area contributed by atoms with E-state index in [-0.39, 0.29) is 6.42 Å². The monoisotopic (exact) mass is 250 g/mol. The highest BCUT2D eigenvalue weighted by Gasteiger charge is 2.26. The molecule has 0 bridgehead atoms. The molecule has 0 unspecified atom stereocenters. The summed E-state index contributed by atoms with van der Waals surface area (Å²) in [5.41, 5.74) is 3.06. The SMILES string of the molecule is CCc1cccc(CC(C(=O)O)C(=O)O)c1CC. The molecule has 0 saturated heterocycles. The standard InChI is InChI=1S/C14H18O4/c1-3-9-6-5-7-10(11(9)4-2)8-12(13(15)16)14(17)18/h5-7,12H,3-4,8H2,1-2H3,(H,15,16)(H,17,18). The molecule has 0 radical (unpaired) electrons. The van der Waals surface area contributed by atoms with Crippen LogP contribution in [0.2, 0.25) is 0 Å². The van der Waals surface area contributed by atoms with Crippen LogP contribution in [0.4, 0.5) is 0 Å². The Morgan fingerprint density at radius 1 is 1.06 bits per heavy atom. The number of aryl methyl sites for hydroxylation is 1. The van der Waals surface area contributed by atoms with Gasteiger partial charge in [0.1, 0.15) is 0 Å². The van der Waals surface area contributed by atoms with Crippen molar-refractivity contribution in [3.63, 3.8) is 0 Å². The largest absolute Gasteiger partial charge is 0.481 e. The van der Waals surface area contributed by atoms with Crippen LogP contribution in [-0.2, 0) is 28.9 Å². The first-order valence-electron chi connectivity index (χ1n) is 6.06. The van der Waals surface area contributed by atoms with Gasteiger partial charge in [-0.15, -0.1) is 0 Å². The van der Waals surface area contributed by atoms with E-state index in [0.29, 0.717) is 0 Å². The third-order valence-corrected chi connectivity index (χ3v) is 3.12. The predicted octanol–water partition coefficient (Wildman–Crippen LogP) is 2.14. The Morgan fingerprint density at radius 2 is 1.61 bits per heavy atom. The number of carboxylic acid groups (broad SMARTS) is 2. The van der Waals surface area contributed by atoms with Gasteiger partial charge in [0.2, 0.25) is 0 Å². The summed E-state index contributed by atoms with van der Waals surface area (Å²) in [6, 6.07) is 5.67. The molecule has 2 N–H and O–H groups in total. The van der Waals surface area contributed by atoms with E-state index in [9.17, 15) is 9.59 Å². The summed E-state index contributed by atoms with van der Waals surface area (Å²) in [4.78, 5) is 21.8. The molecular formula is C14H18O4. The Bertz CT molecular complexity index is 437. The molecular weight excluding hydrogens is 232 g/mol. The van der Waals surface area contributed by atoms with Crippen molar-refractivity contribution in [3.05, 3.63) is 34.9 Å². The van der Waals surface area contributed by atoms with Crippen molar-refractivity contribution in [2.45, 2.75) is 33.1 Å². The molecule has 0 aliphatic heterocycles. The van der Waals surface area contributed by atoms with Crippen LogP contribution in [0, 0.1) is 5.92 Å². The number of rotatable bonds is 6. The Morgan fingerprint density at radius 3 is 2.06 bits per heavy atom. The van der Waals surface area contributed by atoms with Crippen LogP contribution in [0.1, 0.15) is 30.5 Å². The van der Waals surface area contributed by atoms with Gasteiger partial charge < -0.3 is 10.2 Å². The van der Waals surface area contributed by atoms with E-state index in [1.54, 1.807) is 0 Å². The molecule has 0 aliphatic rings. The van der Waals surface area contributed by atoms with Gasteiger partial charge in [0.25, 0.3) is 0 Å². The molecule has 0 fully saturated rings. The zero-order valence-corrected chi connectivity index (χ0v) is 10.6. The van der Waals surface area contributed by atoms with E-state index >= 15 is 0 Å². The van der Waals surface area contributed by atoms with Crippen molar-refractivity contribution < 1.29 is 19.8 Å². The third kappa shape index (κ3) is 3.09. The van der Waals surface area contributed by atoms with Gasteiger partial charge in [-0.1, -0.05) is 32.0 Å². The summed E-state index contributed by atoms with van der Waals surface area (Å²) in [5, 5.41) is 17.8. The second kappa shape index (κ2) is 6.19.